The Balaban J connectivity index is 0. The van der Waals surface area contributed by atoms with Crippen LogP contribution in [0.2, 0.25) is 0 Å². The van der Waals surface area contributed by atoms with Crippen molar-refractivity contribution in [1.29, 1.82) is 0 Å². The molecule has 1 heteroatoms. The van der Waals surface area contributed by atoms with Crippen LogP contribution in [-0.4, -0.2) is 13.7 Å². The Labute approximate surface area is 82.7 Å². The predicted octanol–water partition coefficient (Wildman–Crippen LogP) is 3.71. The van der Waals surface area contributed by atoms with E-state index in [1.165, 1.54) is 5.56 Å². The molecule has 0 aliphatic rings. The average Bonchev–Trinajstić information content (AvgIpc) is 2.07. The molecule has 0 saturated carbocycles. The molecular weight excluding hydrogens is 160 g/mol. The van der Waals surface area contributed by atoms with Crippen molar-refractivity contribution in [2.24, 2.45) is 0 Å². The molecule has 0 saturated heterocycles. The quantitative estimate of drug-likeness (QED) is 0.692. The van der Waals surface area contributed by atoms with E-state index in [-0.39, 0.29) is 14.9 Å². The maximum absolute atomic E-state index is 5.06. The van der Waals surface area contributed by atoms with Gasteiger partial charge in [0.25, 0.3) is 0 Å². The third-order valence-corrected chi connectivity index (χ3v) is 1.79. The summed E-state index contributed by atoms with van der Waals surface area (Å²) in [5, 5.41) is 0. The van der Waals surface area contributed by atoms with Gasteiger partial charge in [-0.05, 0) is 5.56 Å². The van der Waals surface area contributed by atoms with Crippen molar-refractivity contribution in [3.05, 3.63) is 35.9 Å². The molecule has 0 heterocycles. The van der Waals surface area contributed by atoms with Crippen molar-refractivity contribution in [3.8, 4) is 0 Å². The van der Waals surface area contributed by atoms with E-state index < -0.39 is 0 Å². The Hall–Kier alpha value is -0.820. The first-order valence-corrected chi connectivity index (χ1v) is 3.88. The van der Waals surface area contributed by atoms with Crippen LogP contribution >= 0.6 is 0 Å². The van der Waals surface area contributed by atoms with Crippen LogP contribution in [0.4, 0.5) is 0 Å². The average molecular weight is 182 g/mol. The van der Waals surface area contributed by atoms with Crippen molar-refractivity contribution >= 4 is 0 Å². The smallest absolute Gasteiger partial charge is 0.0528 e. The Morgan fingerprint density at radius 1 is 1.15 bits per heavy atom. The maximum atomic E-state index is 5.06. The van der Waals surface area contributed by atoms with Gasteiger partial charge in [-0.3, -0.25) is 0 Å². The van der Waals surface area contributed by atoms with Gasteiger partial charge in [-0.15, -0.1) is 0 Å². The van der Waals surface area contributed by atoms with E-state index in [0.717, 1.165) is 6.61 Å². The Morgan fingerprint density at radius 2 is 1.69 bits per heavy atom. The fourth-order valence-electron chi connectivity index (χ4n) is 1.13. The molecule has 0 aliphatic carbocycles. The van der Waals surface area contributed by atoms with Gasteiger partial charge in [-0.25, -0.2) is 0 Å². The van der Waals surface area contributed by atoms with Crippen LogP contribution in [0.5, 0.6) is 0 Å². The lowest BCUT2D eigenvalue weighted by Crippen LogP contribution is -2.00. The first-order chi connectivity index (χ1) is 5.34. The summed E-state index contributed by atoms with van der Waals surface area (Å²) < 4.78 is 5.06. The molecule has 0 radical (unpaired) electrons. The lowest BCUT2D eigenvalue weighted by Gasteiger charge is -2.09. The molecule has 1 rings (SSSR count). The number of hydrogen-bond acceptors (Lipinski definition) is 1. The topological polar surface area (TPSA) is 9.23 Å². The highest BCUT2D eigenvalue weighted by molar-refractivity contribution is 5.18. The summed E-state index contributed by atoms with van der Waals surface area (Å²) in [6.45, 7) is 2.96. The maximum Gasteiger partial charge on any atom is 0.0528 e. The Morgan fingerprint density at radius 3 is 2.15 bits per heavy atom. The molecule has 0 amide bonds. The third-order valence-electron chi connectivity index (χ3n) is 1.79. The number of benzene rings is 1. The SMILES string of the molecule is C.C.COCC(C)c1ccccc1. The monoisotopic (exact) mass is 182 g/mol. The van der Waals surface area contributed by atoms with E-state index >= 15 is 0 Å². The summed E-state index contributed by atoms with van der Waals surface area (Å²) in [5.41, 5.74) is 1.34. The van der Waals surface area contributed by atoms with E-state index in [2.05, 4.69) is 31.2 Å². The number of hydrogen-bond donors (Lipinski definition) is 0. The fourth-order valence-corrected chi connectivity index (χ4v) is 1.13. The van der Waals surface area contributed by atoms with Crippen LogP contribution in [0.3, 0.4) is 0 Å². The highest BCUT2D eigenvalue weighted by Crippen LogP contribution is 2.13. The lowest BCUT2D eigenvalue weighted by atomic mass is 10.0. The van der Waals surface area contributed by atoms with Gasteiger partial charge < -0.3 is 4.74 Å². The number of methoxy groups -OCH3 is 1. The van der Waals surface area contributed by atoms with Crippen molar-refractivity contribution in [3.63, 3.8) is 0 Å². The fraction of sp³-hybridized carbons (Fsp3) is 0.500. The predicted molar refractivity (Wildman–Crippen MR) is 60.2 cm³/mol. The van der Waals surface area contributed by atoms with Crippen LogP contribution in [-0.2, 0) is 4.74 Å². The van der Waals surface area contributed by atoms with Crippen LogP contribution in [0, 0.1) is 0 Å². The minimum absolute atomic E-state index is 0. The number of ether oxygens (including phenoxy) is 1. The first-order valence-electron chi connectivity index (χ1n) is 3.88. The molecule has 0 spiro atoms. The zero-order valence-corrected chi connectivity index (χ0v) is 7.08. The van der Waals surface area contributed by atoms with E-state index in [1.54, 1.807) is 7.11 Å². The molecular formula is C12H22O. The van der Waals surface area contributed by atoms with E-state index in [9.17, 15) is 0 Å². The molecule has 1 aromatic rings. The highest BCUT2D eigenvalue weighted by Gasteiger charge is 2.01. The van der Waals surface area contributed by atoms with Gasteiger partial charge in [0, 0.05) is 13.0 Å². The van der Waals surface area contributed by atoms with Gasteiger partial charge in [0.2, 0.25) is 0 Å². The molecule has 76 valence electrons. The zero-order chi connectivity index (χ0) is 8.10. The normalized spacial score (nSPS) is 10.9. The molecule has 0 fully saturated rings. The van der Waals surface area contributed by atoms with Crippen molar-refractivity contribution in [2.45, 2.75) is 27.7 Å². The highest BCUT2D eigenvalue weighted by atomic mass is 16.5. The second-order valence-corrected chi connectivity index (χ2v) is 2.77. The largest absolute Gasteiger partial charge is 0.384 e. The van der Waals surface area contributed by atoms with Gasteiger partial charge >= 0.3 is 0 Å². The van der Waals surface area contributed by atoms with Gasteiger partial charge in [-0.2, -0.15) is 0 Å². The molecule has 1 aromatic carbocycles. The van der Waals surface area contributed by atoms with Crippen molar-refractivity contribution < 1.29 is 4.74 Å². The summed E-state index contributed by atoms with van der Waals surface area (Å²) in [7, 11) is 1.74. The summed E-state index contributed by atoms with van der Waals surface area (Å²) in [5.74, 6) is 0.501. The van der Waals surface area contributed by atoms with E-state index in [0.29, 0.717) is 5.92 Å². The van der Waals surface area contributed by atoms with E-state index in [1.807, 2.05) is 6.07 Å². The molecule has 0 N–H and O–H groups in total. The minimum atomic E-state index is 0. The molecule has 1 nitrogen and oxygen atoms in total. The summed E-state index contributed by atoms with van der Waals surface area (Å²) >= 11 is 0. The Kier molecular flexibility index (Phi) is 8.83. The number of rotatable bonds is 3. The molecule has 0 aliphatic heterocycles. The van der Waals surface area contributed by atoms with Crippen LogP contribution in [0.1, 0.15) is 33.3 Å². The summed E-state index contributed by atoms with van der Waals surface area (Å²) in [6, 6.07) is 10.4. The zero-order valence-electron chi connectivity index (χ0n) is 7.08. The molecule has 0 bridgehead atoms. The molecule has 0 aromatic heterocycles. The molecule has 13 heavy (non-hydrogen) atoms. The van der Waals surface area contributed by atoms with Gasteiger partial charge in [-0.1, -0.05) is 52.1 Å². The second kappa shape index (κ2) is 7.81. The first kappa shape index (κ1) is 14.7. The Bertz CT molecular complexity index is 194. The van der Waals surface area contributed by atoms with Gasteiger partial charge in [0.1, 0.15) is 0 Å². The van der Waals surface area contributed by atoms with Crippen LogP contribution in [0.15, 0.2) is 30.3 Å². The minimum Gasteiger partial charge on any atom is -0.384 e. The standard InChI is InChI=1S/C10H14O.2CH4/c1-9(8-11-2)10-6-4-3-5-7-10;;/h3-7,9H,8H2,1-2H3;2*1H4. The second-order valence-electron chi connectivity index (χ2n) is 2.77. The van der Waals surface area contributed by atoms with Crippen molar-refractivity contribution in [2.75, 3.05) is 13.7 Å². The summed E-state index contributed by atoms with van der Waals surface area (Å²) in [4.78, 5) is 0. The lowest BCUT2D eigenvalue weighted by molar-refractivity contribution is 0.184. The van der Waals surface area contributed by atoms with Gasteiger partial charge in [0.05, 0.1) is 6.61 Å². The van der Waals surface area contributed by atoms with Gasteiger partial charge in [0.15, 0.2) is 0 Å². The van der Waals surface area contributed by atoms with Crippen LogP contribution < -0.4 is 0 Å². The summed E-state index contributed by atoms with van der Waals surface area (Å²) in [6.07, 6.45) is 0. The van der Waals surface area contributed by atoms with Crippen LogP contribution in [0.25, 0.3) is 0 Å². The van der Waals surface area contributed by atoms with E-state index in [4.69, 9.17) is 4.74 Å². The molecule has 1 unspecified atom stereocenters. The third kappa shape index (κ3) is 4.69. The van der Waals surface area contributed by atoms with Crippen molar-refractivity contribution in [1.82, 2.24) is 0 Å². The molecule has 1 atom stereocenters.